The number of carbonyl (C=O) groups is 2. The number of hydrazone groups is 1. The molecule has 2 aromatic carbocycles. The van der Waals surface area contributed by atoms with Crippen LogP contribution in [0.4, 0.5) is 0 Å². The zero-order chi connectivity index (χ0) is 20.9. The van der Waals surface area contributed by atoms with Crippen LogP contribution in [0.15, 0.2) is 77.2 Å². The van der Waals surface area contributed by atoms with E-state index in [1.54, 1.807) is 24.6 Å². The maximum atomic E-state index is 12.9. The lowest BCUT2D eigenvalue weighted by molar-refractivity contribution is -0.136. The van der Waals surface area contributed by atoms with E-state index in [0.29, 0.717) is 11.3 Å². The molecule has 3 aromatic rings. The number of nitrogens with zero attached hydrogens (tertiary/aromatic N) is 2. The van der Waals surface area contributed by atoms with Gasteiger partial charge in [-0.15, -0.1) is 11.3 Å². The summed E-state index contributed by atoms with van der Waals surface area (Å²) < 4.78 is 10.4. The zero-order valence-electron chi connectivity index (χ0n) is 16.4. The largest absolute Gasteiger partial charge is 0.497 e. The van der Waals surface area contributed by atoms with Gasteiger partial charge in [0.15, 0.2) is 6.61 Å². The number of benzene rings is 2. The molecule has 1 aliphatic heterocycles. The van der Waals surface area contributed by atoms with Crippen molar-refractivity contribution in [2.75, 3.05) is 13.7 Å². The van der Waals surface area contributed by atoms with Gasteiger partial charge in [0.1, 0.15) is 10.6 Å². The van der Waals surface area contributed by atoms with Gasteiger partial charge in [-0.1, -0.05) is 48.5 Å². The van der Waals surface area contributed by atoms with Gasteiger partial charge >= 0.3 is 5.97 Å². The first-order valence-corrected chi connectivity index (χ1v) is 10.3. The molecular formula is C23H20N2O4S. The van der Waals surface area contributed by atoms with Crippen LogP contribution in [-0.2, 0) is 9.53 Å². The number of carbonyl (C=O) groups excluding carboxylic acids is 2. The van der Waals surface area contributed by atoms with E-state index in [0.717, 1.165) is 22.6 Å². The van der Waals surface area contributed by atoms with Crippen LogP contribution in [0.5, 0.6) is 5.75 Å². The molecule has 6 nitrogen and oxygen atoms in total. The summed E-state index contributed by atoms with van der Waals surface area (Å²) in [5.74, 6) is -0.138. The molecule has 0 aliphatic carbocycles. The number of hydrogen-bond donors (Lipinski definition) is 0. The van der Waals surface area contributed by atoms with Crippen LogP contribution in [0.25, 0.3) is 0 Å². The third kappa shape index (κ3) is 4.26. The number of hydrogen-bond acceptors (Lipinski definition) is 6. The Balaban J connectivity index is 1.55. The van der Waals surface area contributed by atoms with Crippen LogP contribution in [0.2, 0.25) is 0 Å². The molecule has 1 aliphatic rings. The van der Waals surface area contributed by atoms with Crippen molar-refractivity contribution in [3.63, 3.8) is 0 Å². The second kappa shape index (κ2) is 8.92. The second-order valence-corrected chi connectivity index (χ2v) is 7.65. The van der Waals surface area contributed by atoms with Crippen LogP contribution in [0.1, 0.15) is 33.3 Å². The van der Waals surface area contributed by atoms with Gasteiger partial charge in [0.05, 0.1) is 18.9 Å². The van der Waals surface area contributed by atoms with Gasteiger partial charge in [0.25, 0.3) is 5.91 Å². The van der Waals surface area contributed by atoms with Crippen LogP contribution >= 0.6 is 11.3 Å². The highest BCUT2D eigenvalue weighted by Crippen LogP contribution is 2.33. The van der Waals surface area contributed by atoms with Crippen LogP contribution in [0, 0.1) is 0 Å². The molecule has 1 amide bonds. The molecule has 0 saturated carbocycles. The van der Waals surface area contributed by atoms with Crippen molar-refractivity contribution in [3.8, 4) is 5.75 Å². The predicted molar refractivity (Wildman–Crippen MR) is 115 cm³/mol. The van der Waals surface area contributed by atoms with Gasteiger partial charge in [-0.05, 0) is 34.7 Å². The van der Waals surface area contributed by atoms with Gasteiger partial charge in [0.2, 0.25) is 0 Å². The minimum atomic E-state index is -0.509. The molecule has 0 N–H and O–H groups in total. The van der Waals surface area contributed by atoms with Gasteiger partial charge in [0, 0.05) is 6.42 Å². The van der Waals surface area contributed by atoms with Gasteiger partial charge in [-0.3, -0.25) is 4.79 Å². The Kier molecular flexibility index (Phi) is 5.90. The first-order valence-electron chi connectivity index (χ1n) is 9.45. The fourth-order valence-corrected chi connectivity index (χ4v) is 3.91. The monoisotopic (exact) mass is 420 g/mol. The molecule has 1 aromatic heterocycles. The molecular weight excluding hydrogens is 400 g/mol. The van der Waals surface area contributed by atoms with Crippen molar-refractivity contribution in [2.45, 2.75) is 12.5 Å². The van der Waals surface area contributed by atoms with Crippen LogP contribution < -0.4 is 4.74 Å². The number of rotatable bonds is 6. The molecule has 0 saturated heterocycles. The predicted octanol–water partition coefficient (Wildman–Crippen LogP) is 4.29. The zero-order valence-corrected chi connectivity index (χ0v) is 17.2. The van der Waals surface area contributed by atoms with E-state index in [2.05, 4.69) is 5.10 Å². The van der Waals surface area contributed by atoms with Crippen molar-refractivity contribution < 1.29 is 19.1 Å². The second-order valence-electron chi connectivity index (χ2n) is 6.70. The maximum Gasteiger partial charge on any atom is 0.348 e. The summed E-state index contributed by atoms with van der Waals surface area (Å²) in [7, 11) is 1.61. The third-order valence-corrected chi connectivity index (χ3v) is 5.67. The summed E-state index contributed by atoms with van der Waals surface area (Å²) in [6, 6.07) is 20.5. The van der Waals surface area contributed by atoms with E-state index < -0.39 is 5.97 Å². The Morgan fingerprint density at radius 1 is 1.07 bits per heavy atom. The standard InChI is InChI=1S/C23H20N2O4S/c1-28-18-11-9-17(10-12-18)20-14-19(16-6-3-2-4-7-16)24-25(20)22(26)15-29-23(27)21-8-5-13-30-21/h2-13,20H,14-15H2,1H3. The lowest BCUT2D eigenvalue weighted by Crippen LogP contribution is -2.31. The minimum Gasteiger partial charge on any atom is -0.497 e. The molecule has 4 rings (SSSR count). The van der Waals surface area contributed by atoms with Gasteiger partial charge in [-0.25, -0.2) is 9.80 Å². The van der Waals surface area contributed by atoms with Crippen molar-refractivity contribution in [1.29, 1.82) is 0 Å². The van der Waals surface area contributed by atoms with E-state index in [-0.39, 0.29) is 18.6 Å². The number of amides is 1. The maximum absolute atomic E-state index is 12.9. The third-order valence-electron chi connectivity index (χ3n) is 4.82. The number of ether oxygens (including phenoxy) is 2. The van der Waals surface area contributed by atoms with Crippen molar-refractivity contribution in [3.05, 3.63) is 88.1 Å². The quantitative estimate of drug-likeness (QED) is 0.558. The van der Waals surface area contributed by atoms with E-state index in [9.17, 15) is 9.59 Å². The van der Waals surface area contributed by atoms with E-state index in [1.165, 1.54) is 16.3 Å². The molecule has 0 fully saturated rings. The Bertz CT molecular complexity index is 1050. The molecule has 7 heteroatoms. The fourth-order valence-electron chi connectivity index (χ4n) is 3.29. The van der Waals surface area contributed by atoms with Crippen molar-refractivity contribution >= 4 is 28.9 Å². The molecule has 1 unspecified atom stereocenters. The normalized spacial score (nSPS) is 15.6. The van der Waals surface area contributed by atoms with E-state index >= 15 is 0 Å². The Hall–Kier alpha value is -3.45. The Labute approximate surface area is 178 Å². The van der Waals surface area contributed by atoms with Crippen molar-refractivity contribution in [2.24, 2.45) is 5.10 Å². The van der Waals surface area contributed by atoms with E-state index in [1.807, 2.05) is 54.6 Å². The summed E-state index contributed by atoms with van der Waals surface area (Å²) in [6.45, 7) is -0.366. The number of thiophene rings is 1. The molecule has 30 heavy (non-hydrogen) atoms. The van der Waals surface area contributed by atoms with Crippen LogP contribution in [-0.4, -0.2) is 36.3 Å². The van der Waals surface area contributed by atoms with Gasteiger partial charge in [-0.2, -0.15) is 5.10 Å². The molecule has 152 valence electrons. The molecule has 2 heterocycles. The lowest BCUT2D eigenvalue weighted by atomic mass is 9.98. The first-order chi connectivity index (χ1) is 14.7. The van der Waals surface area contributed by atoms with Crippen LogP contribution in [0.3, 0.4) is 0 Å². The highest BCUT2D eigenvalue weighted by molar-refractivity contribution is 7.11. The summed E-state index contributed by atoms with van der Waals surface area (Å²) in [6.07, 6.45) is 0.570. The Morgan fingerprint density at radius 3 is 2.50 bits per heavy atom. The summed E-state index contributed by atoms with van der Waals surface area (Å²) in [5, 5.41) is 7.79. The molecule has 0 radical (unpaired) electrons. The fraction of sp³-hybridized carbons (Fsp3) is 0.174. The molecule has 0 bridgehead atoms. The SMILES string of the molecule is COc1ccc(C2CC(c3ccccc3)=NN2C(=O)COC(=O)c2cccs2)cc1. The summed E-state index contributed by atoms with van der Waals surface area (Å²) in [4.78, 5) is 25.5. The highest BCUT2D eigenvalue weighted by Gasteiger charge is 2.33. The summed E-state index contributed by atoms with van der Waals surface area (Å²) in [5.41, 5.74) is 2.71. The lowest BCUT2D eigenvalue weighted by Gasteiger charge is -2.22. The van der Waals surface area contributed by atoms with Crippen molar-refractivity contribution in [1.82, 2.24) is 5.01 Å². The number of esters is 1. The Morgan fingerprint density at radius 2 is 1.83 bits per heavy atom. The smallest absolute Gasteiger partial charge is 0.348 e. The van der Waals surface area contributed by atoms with Gasteiger partial charge < -0.3 is 9.47 Å². The average molecular weight is 420 g/mol. The average Bonchev–Trinajstić information content (AvgIpc) is 3.48. The highest BCUT2D eigenvalue weighted by atomic mass is 32.1. The first kappa shape index (κ1) is 19.8. The topological polar surface area (TPSA) is 68.2 Å². The van der Waals surface area contributed by atoms with E-state index in [4.69, 9.17) is 9.47 Å². The minimum absolute atomic E-state index is 0.279. The molecule has 0 spiro atoms. The summed E-state index contributed by atoms with van der Waals surface area (Å²) >= 11 is 1.27. The molecule has 1 atom stereocenters. The number of methoxy groups -OCH3 is 1.